The van der Waals surface area contributed by atoms with E-state index in [0.717, 1.165) is 59.7 Å². The number of rotatable bonds is 7. The number of methoxy groups -OCH3 is 1. The van der Waals surface area contributed by atoms with Gasteiger partial charge in [-0.3, -0.25) is 4.79 Å². The summed E-state index contributed by atoms with van der Waals surface area (Å²) in [5.74, 6) is 1.96. The van der Waals surface area contributed by atoms with Crippen LogP contribution in [0, 0.1) is 0 Å². The van der Waals surface area contributed by atoms with Crippen molar-refractivity contribution >= 4 is 17.2 Å². The van der Waals surface area contributed by atoms with Gasteiger partial charge in [-0.2, -0.15) is 0 Å². The number of ether oxygens (including phenoxy) is 2. The average molecular weight is 493 g/mol. The lowest BCUT2D eigenvalue weighted by atomic mass is 9.98. The van der Waals surface area contributed by atoms with Crippen LogP contribution in [0.25, 0.3) is 16.8 Å². The molecule has 7 nitrogen and oxygen atoms in total. The van der Waals surface area contributed by atoms with E-state index in [1.807, 2.05) is 77.3 Å². The third kappa shape index (κ3) is 4.22. The minimum atomic E-state index is -0.231. The van der Waals surface area contributed by atoms with Crippen molar-refractivity contribution in [2.24, 2.45) is 0 Å². The predicted molar refractivity (Wildman–Crippen MR) is 143 cm³/mol. The van der Waals surface area contributed by atoms with Crippen LogP contribution < -0.4 is 14.8 Å². The molecule has 2 aromatic heterocycles. The Bertz CT molecular complexity index is 1550. The Labute approximate surface area is 215 Å². The smallest absolute Gasteiger partial charge is 0.275 e. The average Bonchev–Trinajstić information content (AvgIpc) is 3.35. The van der Waals surface area contributed by atoms with Gasteiger partial charge >= 0.3 is 0 Å². The molecule has 0 unspecified atom stereocenters. The van der Waals surface area contributed by atoms with Gasteiger partial charge in [0.05, 0.1) is 12.8 Å². The monoisotopic (exact) mass is 492 g/mol. The number of hydrogen-bond donors (Lipinski definition) is 1. The molecule has 5 aromatic rings. The van der Waals surface area contributed by atoms with Gasteiger partial charge in [-0.15, -0.1) is 5.10 Å². The molecule has 7 heteroatoms. The molecule has 3 aromatic carbocycles. The zero-order chi connectivity index (χ0) is 25.2. The largest absolute Gasteiger partial charge is 0.495 e. The minimum absolute atomic E-state index is 0.231. The van der Waals surface area contributed by atoms with Crippen LogP contribution in [0.4, 0.5) is 5.69 Å². The molecule has 0 spiro atoms. The second-order valence-electron chi connectivity index (χ2n) is 9.08. The first-order chi connectivity index (χ1) is 18.2. The molecule has 0 radical (unpaired) electrons. The van der Waals surface area contributed by atoms with Gasteiger partial charge in [-0.05, 0) is 49.1 Å². The summed E-state index contributed by atoms with van der Waals surface area (Å²) in [6, 6.07) is 27.3. The molecule has 0 fully saturated rings. The standard InChI is InChI=1S/C30H28N4O3/c1-36-25-18-9-8-17-24(25)31-29(35)28-27(21-12-4-2-5-13-21)23-16-10-11-19-33-26(32-34(28)30(23)33)20-37-22-14-6-3-7-15-22/h2-9,12-15,17-18H,10-11,16,19-20H2,1H3,(H,31,35). The quantitative estimate of drug-likeness (QED) is 0.304. The number of aromatic nitrogens is 3. The van der Waals surface area contributed by atoms with Crippen LogP contribution in [-0.4, -0.2) is 27.2 Å². The van der Waals surface area contributed by atoms with Crippen LogP contribution in [0.2, 0.25) is 0 Å². The number of anilines is 1. The molecule has 1 aliphatic heterocycles. The lowest BCUT2D eigenvalue weighted by molar-refractivity contribution is 0.102. The second-order valence-corrected chi connectivity index (χ2v) is 9.08. The van der Waals surface area contributed by atoms with Gasteiger partial charge in [-0.25, -0.2) is 4.52 Å². The van der Waals surface area contributed by atoms with Gasteiger partial charge in [0.1, 0.15) is 29.4 Å². The summed E-state index contributed by atoms with van der Waals surface area (Å²) in [5, 5.41) is 8.03. The van der Waals surface area contributed by atoms with E-state index >= 15 is 0 Å². The highest BCUT2D eigenvalue weighted by molar-refractivity contribution is 6.10. The Morgan fingerprint density at radius 1 is 0.946 bits per heavy atom. The van der Waals surface area contributed by atoms with Crippen molar-refractivity contribution in [3.05, 3.63) is 102 Å². The molecular weight excluding hydrogens is 464 g/mol. The molecule has 0 atom stereocenters. The molecule has 1 amide bonds. The fourth-order valence-electron chi connectivity index (χ4n) is 5.13. The first-order valence-corrected chi connectivity index (χ1v) is 12.5. The van der Waals surface area contributed by atoms with Gasteiger partial charge in [0.25, 0.3) is 5.91 Å². The summed E-state index contributed by atoms with van der Waals surface area (Å²) < 4.78 is 15.6. The molecule has 1 N–H and O–H groups in total. The number of benzene rings is 3. The van der Waals surface area contributed by atoms with Gasteiger partial charge in [0.15, 0.2) is 5.82 Å². The van der Waals surface area contributed by atoms with Crippen LogP contribution >= 0.6 is 0 Å². The molecule has 0 bridgehead atoms. The number of para-hydroxylation sites is 3. The molecule has 0 saturated heterocycles. The lowest BCUT2D eigenvalue weighted by Crippen LogP contribution is -2.16. The van der Waals surface area contributed by atoms with Crippen molar-refractivity contribution in [3.8, 4) is 22.6 Å². The Morgan fingerprint density at radius 2 is 1.68 bits per heavy atom. The van der Waals surface area contributed by atoms with Crippen LogP contribution in [0.5, 0.6) is 11.5 Å². The summed E-state index contributed by atoms with van der Waals surface area (Å²) in [6.07, 6.45) is 2.95. The van der Waals surface area contributed by atoms with E-state index in [4.69, 9.17) is 14.6 Å². The zero-order valence-corrected chi connectivity index (χ0v) is 20.7. The molecule has 0 saturated carbocycles. The minimum Gasteiger partial charge on any atom is -0.495 e. The number of carbonyl (C=O) groups is 1. The highest BCUT2D eigenvalue weighted by Crippen LogP contribution is 2.37. The van der Waals surface area contributed by atoms with Crippen molar-refractivity contribution < 1.29 is 14.3 Å². The van der Waals surface area contributed by atoms with E-state index < -0.39 is 0 Å². The van der Waals surface area contributed by atoms with E-state index in [1.54, 1.807) is 7.11 Å². The zero-order valence-electron chi connectivity index (χ0n) is 20.7. The van der Waals surface area contributed by atoms with Crippen molar-refractivity contribution in [2.45, 2.75) is 32.4 Å². The Kier molecular flexibility index (Phi) is 6.10. The fraction of sp³-hybridized carbons (Fsp3) is 0.200. The number of amides is 1. The van der Waals surface area contributed by atoms with Crippen molar-refractivity contribution in [1.82, 2.24) is 14.2 Å². The van der Waals surface area contributed by atoms with Gasteiger partial charge < -0.3 is 19.4 Å². The third-order valence-corrected chi connectivity index (χ3v) is 6.81. The molecular formula is C30H28N4O3. The third-order valence-electron chi connectivity index (χ3n) is 6.81. The predicted octanol–water partition coefficient (Wildman–Crippen LogP) is 5.98. The Morgan fingerprint density at radius 3 is 2.46 bits per heavy atom. The summed E-state index contributed by atoms with van der Waals surface area (Å²) >= 11 is 0. The number of hydrogen-bond acceptors (Lipinski definition) is 4. The van der Waals surface area contributed by atoms with Crippen LogP contribution in [0.15, 0.2) is 84.9 Å². The number of nitrogens with one attached hydrogen (secondary N) is 1. The van der Waals surface area contributed by atoms with E-state index in [9.17, 15) is 4.79 Å². The molecule has 0 aliphatic carbocycles. The van der Waals surface area contributed by atoms with Gasteiger partial charge in [-0.1, -0.05) is 60.7 Å². The van der Waals surface area contributed by atoms with E-state index in [1.165, 1.54) is 0 Å². The topological polar surface area (TPSA) is 69.8 Å². The maximum Gasteiger partial charge on any atom is 0.275 e. The maximum absolute atomic E-state index is 14.0. The fourth-order valence-corrected chi connectivity index (χ4v) is 5.13. The number of carbonyl (C=O) groups excluding carboxylic acids is 1. The molecule has 6 rings (SSSR count). The second kappa shape index (κ2) is 9.85. The van der Waals surface area contributed by atoms with Gasteiger partial charge in [0.2, 0.25) is 0 Å². The molecule has 3 heterocycles. The molecule has 186 valence electrons. The lowest BCUT2D eigenvalue weighted by Gasteiger charge is -2.12. The van der Waals surface area contributed by atoms with E-state index in [0.29, 0.717) is 23.7 Å². The highest BCUT2D eigenvalue weighted by Gasteiger charge is 2.30. The van der Waals surface area contributed by atoms with E-state index in [2.05, 4.69) is 22.0 Å². The normalized spacial score (nSPS) is 12.8. The molecule has 37 heavy (non-hydrogen) atoms. The summed E-state index contributed by atoms with van der Waals surface area (Å²) in [6.45, 7) is 1.15. The van der Waals surface area contributed by atoms with Crippen molar-refractivity contribution in [1.29, 1.82) is 0 Å². The SMILES string of the molecule is COc1ccccc1NC(=O)c1c(-c2ccccc2)c2c3n(c(COc4ccccc4)nn13)CCCC2. The van der Waals surface area contributed by atoms with Crippen LogP contribution in [-0.2, 0) is 19.6 Å². The number of nitrogens with zero attached hydrogens (tertiary/aromatic N) is 3. The highest BCUT2D eigenvalue weighted by atomic mass is 16.5. The Balaban J connectivity index is 1.50. The number of aryl methyl sites for hydroxylation is 2. The van der Waals surface area contributed by atoms with Crippen LogP contribution in [0.3, 0.4) is 0 Å². The first-order valence-electron chi connectivity index (χ1n) is 12.5. The van der Waals surface area contributed by atoms with Crippen molar-refractivity contribution in [2.75, 3.05) is 12.4 Å². The van der Waals surface area contributed by atoms with Crippen LogP contribution in [0.1, 0.15) is 34.7 Å². The molecule has 1 aliphatic rings. The van der Waals surface area contributed by atoms with Crippen molar-refractivity contribution in [3.63, 3.8) is 0 Å². The Hall–Kier alpha value is -4.52. The summed E-state index contributed by atoms with van der Waals surface area (Å²) in [4.78, 5) is 14.0. The first kappa shape index (κ1) is 22.9. The summed E-state index contributed by atoms with van der Waals surface area (Å²) in [5.41, 5.74) is 5.18. The van der Waals surface area contributed by atoms with Gasteiger partial charge in [0, 0.05) is 17.7 Å². The van der Waals surface area contributed by atoms with E-state index in [-0.39, 0.29) is 5.91 Å². The summed E-state index contributed by atoms with van der Waals surface area (Å²) in [7, 11) is 1.60. The maximum atomic E-state index is 14.0.